The first kappa shape index (κ1) is 14.8. The molecule has 2 amide bonds. The molecule has 5 nitrogen and oxygen atoms in total. The molecular formula is C13H24N2O3. The summed E-state index contributed by atoms with van der Waals surface area (Å²) in [6.07, 6.45) is 4.48. The standard InChI is InChI=1S/C13H24N2O3/c1-4-18-11(16)9-14-12(17)15-10-7-5-6-8-13(10,2)3/h10H,4-9H2,1-3H3,(H2,14,15,17). The van der Waals surface area contributed by atoms with Crippen LogP contribution in [-0.2, 0) is 9.53 Å². The first-order valence-corrected chi connectivity index (χ1v) is 6.65. The average Bonchev–Trinajstić information content (AvgIpc) is 2.30. The Morgan fingerprint density at radius 1 is 1.33 bits per heavy atom. The fourth-order valence-corrected chi connectivity index (χ4v) is 2.34. The number of urea groups is 1. The Balaban J connectivity index is 2.33. The smallest absolute Gasteiger partial charge is 0.325 e. The molecule has 0 radical (unpaired) electrons. The number of nitrogens with one attached hydrogen (secondary N) is 2. The van der Waals surface area contributed by atoms with Gasteiger partial charge in [-0.15, -0.1) is 0 Å². The maximum absolute atomic E-state index is 11.7. The summed E-state index contributed by atoms with van der Waals surface area (Å²) in [6, 6.07) is -0.114. The Labute approximate surface area is 109 Å². The van der Waals surface area contributed by atoms with Crippen molar-refractivity contribution in [2.24, 2.45) is 5.41 Å². The number of carbonyl (C=O) groups is 2. The fraction of sp³-hybridized carbons (Fsp3) is 0.846. The predicted octanol–water partition coefficient (Wildman–Crippen LogP) is 1.82. The molecule has 1 fully saturated rings. The van der Waals surface area contributed by atoms with E-state index in [1.165, 1.54) is 6.42 Å². The lowest BCUT2D eigenvalue weighted by Crippen LogP contribution is -2.51. The minimum Gasteiger partial charge on any atom is -0.465 e. The molecule has 0 aromatic rings. The number of esters is 1. The fourth-order valence-electron chi connectivity index (χ4n) is 2.34. The van der Waals surface area contributed by atoms with Gasteiger partial charge < -0.3 is 15.4 Å². The van der Waals surface area contributed by atoms with Gasteiger partial charge in [-0.05, 0) is 25.2 Å². The van der Waals surface area contributed by atoms with E-state index >= 15 is 0 Å². The van der Waals surface area contributed by atoms with Gasteiger partial charge in [-0.25, -0.2) is 4.79 Å². The summed E-state index contributed by atoms with van der Waals surface area (Å²) in [6.45, 7) is 6.33. The van der Waals surface area contributed by atoms with Gasteiger partial charge in [0.1, 0.15) is 6.54 Å². The molecule has 1 saturated carbocycles. The third-order valence-electron chi connectivity index (χ3n) is 3.51. The zero-order chi connectivity index (χ0) is 13.6. The van der Waals surface area contributed by atoms with Crippen molar-refractivity contribution >= 4 is 12.0 Å². The van der Waals surface area contributed by atoms with Crippen LogP contribution in [0, 0.1) is 5.41 Å². The molecule has 5 heteroatoms. The van der Waals surface area contributed by atoms with Crippen molar-refractivity contribution in [1.82, 2.24) is 10.6 Å². The molecule has 0 aromatic carbocycles. The molecule has 1 unspecified atom stereocenters. The van der Waals surface area contributed by atoms with Crippen LogP contribution in [0.2, 0.25) is 0 Å². The second-order valence-corrected chi connectivity index (χ2v) is 5.42. The van der Waals surface area contributed by atoms with Crippen molar-refractivity contribution in [3.8, 4) is 0 Å². The first-order valence-electron chi connectivity index (χ1n) is 6.65. The molecule has 104 valence electrons. The van der Waals surface area contributed by atoms with Gasteiger partial charge in [-0.2, -0.15) is 0 Å². The van der Waals surface area contributed by atoms with E-state index in [9.17, 15) is 9.59 Å². The topological polar surface area (TPSA) is 67.4 Å². The van der Waals surface area contributed by atoms with E-state index < -0.39 is 5.97 Å². The van der Waals surface area contributed by atoms with Crippen molar-refractivity contribution in [3.63, 3.8) is 0 Å². The van der Waals surface area contributed by atoms with Gasteiger partial charge in [-0.1, -0.05) is 26.7 Å². The maximum Gasteiger partial charge on any atom is 0.325 e. The SMILES string of the molecule is CCOC(=O)CNC(=O)NC1CCCCC1(C)C. The molecule has 1 atom stereocenters. The number of hydrogen-bond acceptors (Lipinski definition) is 3. The van der Waals surface area contributed by atoms with Gasteiger partial charge in [0.05, 0.1) is 6.61 Å². The second kappa shape index (κ2) is 6.61. The van der Waals surface area contributed by atoms with Crippen LogP contribution in [0.3, 0.4) is 0 Å². The van der Waals surface area contributed by atoms with E-state index in [4.69, 9.17) is 4.74 Å². The molecule has 1 aliphatic rings. The van der Waals surface area contributed by atoms with E-state index in [2.05, 4.69) is 24.5 Å². The van der Waals surface area contributed by atoms with Crippen LogP contribution in [0.1, 0.15) is 46.5 Å². The molecule has 1 rings (SSSR count). The maximum atomic E-state index is 11.7. The largest absolute Gasteiger partial charge is 0.465 e. The summed E-state index contributed by atoms with van der Waals surface area (Å²) in [7, 11) is 0. The quantitative estimate of drug-likeness (QED) is 0.754. The Kier molecular flexibility index (Phi) is 5.44. The third-order valence-corrected chi connectivity index (χ3v) is 3.51. The highest BCUT2D eigenvalue weighted by Gasteiger charge is 2.33. The van der Waals surface area contributed by atoms with E-state index in [1.54, 1.807) is 6.92 Å². The number of amides is 2. The van der Waals surface area contributed by atoms with Crippen molar-refractivity contribution in [3.05, 3.63) is 0 Å². The number of hydrogen-bond donors (Lipinski definition) is 2. The summed E-state index contributed by atoms with van der Waals surface area (Å²) in [4.78, 5) is 22.8. The molecule has 18 heavy (non-hydrogen) atoms. The monoisotopic (exact) mass is 256 g/mol. The molecule has 0 aliphatic heterocycles. The summed E-state index contributed by atoms with van der Waals surface area (Å²) in [5.41, 5.74) is 0.125. The van der Waals surface area contributed by atoms with E-state index in [-0.39, 0.29) is 24.0 Å². The minimum absolute atomic E-state index is 0.0766. The average molecular weight is 256 g/mol. The van der Waals surface area contributed by atoms with Crippen LogP contribution in [0.4, 0.5) is 4.79 Å². The second-order valence-electron chi connectivity index (χ2n) is 5.42. The van der Waals surface area contributed by atoms with Gasteiger partial charge in [0.15, 0.2) is 0 Å². The Hall–Kier alpha value is -1.26. The van der Waals surface area contributed by atoms with Gasteiger partial charge in [-0.3, -0.25) is 4.79 Å². The van der Waals surface area contributed by atoms with E-state index in [0.29, 0.717) is 6.61 Å². The highest BCUT2D eigenvalue weighted by Crippen LogP contribution is 2.35. The van der Waals surface area contributed by atoms with Gasteiger partial charge in [0, 0.05) is 6.04 Å². The zero-order valence-electron chi connectivity index (χ0n) is 11.5. The molecular weight excluding hydrogens is 232 g/mol. The minimum atomic E-state index is -0.407. The summed E-state index contributed by atoms with van der Waals surface area (Å²) < 4.78 is 4.74. The van der Waals surface area contributed by atoms with Crippen LogP contribution in [-0.4, -0.2) is 31.2 Å². The molecule has 0 saturated heterocycles. The molecule has 0 bridgehead atoms. The molecule has 1 aliphatic carbocycles. The zero-order valence-corrected chi connectivity index (χ0v) is 11.5. The van der Waals surface area contributed by atoms with Crippen LogP contribution >= 0.6 is 0 Å². The lowest BCUT2D eigenvalue weighted by Gasteiger charge is -2.38. The highest BCUT2D eigenvalue weighted by molar-refractivity contribution is 5.80. The summed E-state index contributed by atoms with van der Waals surface area (Å²) in [5, 5.41) is 5.48. The van der Waals surface area contributed by atoms with Gasteiger partial charge in [0.25, 0.3) is 0 Å². The summed E-state index contributed by atoms with van der Waals surface area (Å²) in [5.74, 6) is -0.407. The van der Waals surface area contributed by atoms with Gasteiger partial charge in [0.2, 0.25) is 0 Å². The normalized spacial score (nSPS) is 22.1. The lowest BCUT2D eigenvalue weighted by atomic mass is 9.73. The molecule has 2 N–H and O–H groups in total. The van der Waals surface area contributed by atoms with E-state index in [0.717, 1.165) is 19.3 Å². The van der Waals surface area contributed by atoms with Gasteiger partial charge >= 0.3 is 12.0 Å². The number of ether oxygens (including phenoxy) is 1. The van der Waals surface area contributed by atoms with Crippen molar-refractivity contribution < 1.29 is 14.3 Å². The number of carbonyl (C=O) groups excluding carboxylic acids is 2. The van der Waals surface area contributed by atoms with Crippen LogP contribution < -0.4 is 10.6 Å². The lowest BCUT2D eigenvalue weighted by molar-refractivity contribution is -0.141. The predicted molar refractivity (Wildman–Crippen MR) is 69.2 cm³/mol. The van der Waals surface area contributed by atoms with Crippen LogP contribution in [0.25, 0.3) is 0 Å². The van der Waals surface area contributed by atoms with Crippen molar-refractivity contribution in [1.29, 1.82) is 0 Å². The molecule has 0 spiro atoms. The first-order chi connectivity index (χ1) is 8.45. The van der Waals surface area contributed by atoms with Crippen molar-refractivity contribution in [2.75, 3.05) is 13.2 Å². The van der Waals surface area contributed by atoms with E-state index in [1.807, 2.05) is 0 Å². The summed E-state index contributed by atoms with van der Waals surface area (Å²) >= 11 is 0. The Bertz CT molecular complexity index is 303. The highest BCUT2D eigenvalue weighted by atomic mass is 16.5. The number of rotatable bonds is 4. The third kappa shape index (κ3) is 4.55. The van der Waals surface area contributed by atoms with Crippen LogP contribution in [0.15, 0.2) is 0 Å². The Morgan fingerprint density at radius 2 is 2.06 bits per heavy atom. The van der Waals surface area contributed by atoms with Crippen LogP contribution in [0.5, 0.6) is 0 Å². The molecule has 0 aromatic heterocycles. The Morgan fingerprint density at radius 3 is 2.67 bits per heavy atom. The molecule has 0 heterocycles. The van der Waals surface area contributed by atoms with Crippen molar-refractivity contribution in [2.45, 2.75) is 52.5 Å².